The number of aromatic nitrogens is 2. The van der Waals surface area contributed by atoms with Crippen LogP contribution in [0.1, 0.15) is 17.0 Å². The number of nitrogens with two attached hydrogens (primary N) is 1. The van der Waals surface area contributed by atoms with E-state index in [0.717, 1.165) is 16.8 Å². The molecule has 2 aromatic rings. The molecule has 0 unspecified atom stereocenters. The fraction of sp³-hybridized carbons (Fsp3) is 0.286. The maximum Gasteiger partial charge on any atom is 0.144 e. The molecule has 0 spiro atoms. The lowest BCUT2D eigenvalue weighted by Gasteiger charge is -2.20. The minimum Gasteiger partial charge on any atom is -0.355 e. The number of hydrogen-bond donors (Lipinski definition) is 1. The second-order valence-corrected chi connectivity index (χ2v) is 5.38. The predicted molar refractivity (Wildman–Crippen MR) is 80.9 cm³/mol. The van der Waals surface area contributed by atoms with Gasteiger partial charge in [-0.1, -0.05) is 22.0 Å². The Morgan fingerprint density at radius 2 is 2.11 bits per heavy atom. The first-order valence-corrected chi connectivity index (χ1v) is 6.87. The lowest BCUT2D eigenvalue weighted by molar-refractivity contribution is 0.845. The molecule has 0 aliphatic heterocycles. The van der Waals surface area contributed by atoms with Gasteiger partial charge in [0.15, 0.2) is 0 Å². The van der Waals surface area contributed by atoms with Gasteiger partial charge in [-0.25, -0.2) is 9.97 Å². The van der Waals surface area contributed by atoms with Crippen LogP contribution in [0.15, 0.2) is 34.9 Å². The molecule has 2 N–H and O–H groups in total. The Balaban J connectivity index is 2.20. The van der Waals surface area contributed by atoms with Crippen LogP contribution in [0.4, 0.5) is 5.82 Å². The topological polar surface area (TPSA) is 55.0 Å². The molecule has 5 heteroatoms. The molecule has 0 amide bonds. The number of aryl methyl sites for hydroxylation is 1. The van der Waals surface area contributed by atoms with Crippen molar-refractivity contribution in [1.29, 1.82) is 0 Å². The molecule has 1 aromatic carbocycles. The van der Waals surface area contributed by atoms with Crippen molar-refractivity contribution < 1.29 is 0 Å². The SMILES string of the molecule is Cc1ccc(Br)cc1CN(C)c1ccnc(CN)n1. The van der Waals surface area contributed by atoms with E-state index >= 15 is 0 Å². The van der Waals surface area contributed by atoms with E-state index in [0.29, 0.717) is 12.4 Å². The number of rotatable bonds is 4. The van der Waals surface area contributed by atoms with Gasteiger partial charge in [-0.15, -0.1) is 0 Å². The van der Waals surface area contributed by atoms with Crippen molar-refractivity contribution in [3.63, 3.8) is 0 Å². The molecule has 4 nitrogen and oxygen atoms in total. The number of benzene rings is 1. The van der Waals surface area contributed by atoms with E-state index in [9.17, 15) is 0 Å². The molecule has 0 fully saturated rings. The van der Waals surface area contributed by atoms with Gasteiger partial charge in [-0.2, -0.15) is 0 Å². The molecule has 0 radical (unpaired) electrons. The summed E-state index contributed by atoms with van der Waals surface area (Å²) < 4.78 is 1.09. The summed E-state index contributed by atoms with van der Waals surface area (Å²) in [6.45, 7) is 3.27. The summed E-state index contributed by atoms with van der Waals surface area (Å²) in [5.41, 5.74) is 8.10. The molecular formula is C14H17BrN4. The highest BCUT2D eigenvalue weighted by molar-refractivity contribution is 9.10. The van der Waals surface area contributed by atoms with Crippen molar-refractivity contribution in [2.45, 2.75) is 20.0 Å². The first kappa shape index (κ1) is 14.0. The molecule has 1 heterocycles. The highest BCUT2D eigenvalue weighted by atomic mass is 79.9. The third-order valence-electron chi connectivity index (χ3n) is 2.98. The first-order valence-electron chi connectivity index (χ1n) is 6.08. The Kier molecular flexibility index (Phi) is 4.50. The number of nitrogens with zero attached hydrogens (tertiary/aromatic N) is 3. The zero-order valence-electron chi connectivity index (χ0n) is 11.1. The molecule has 2 rings (SSSR count). The molecule has 0 saturated carbocycles. The Hall–Kier alpha value is -1.46. The second kappa shape index (κ2) is 6.12. The number of anilines is 1. The van der Waals surface area contributed by atoms with Gasteiger partial charge in [0.1, 0.15) is 11.6 Å². The van der Waals surface area contributed by atoms with Crippen molar-refractivity contribution in [3.05, 3.63) is 51.9 Å². The average Bonchev–Trinajstić information content (AvgIpc) is 2.43. The average molecular weight is 321 g/mol. The molecule has 19 heavy (non-hydrogen) atoms. The summed E-state index contributed by atoms with van der Waals surface area (Å²) in [6, 6.07) is 8.19. The molecule has 100 valence electrons. The van der Waals surface area contributed by atoms with Gasteiger partial charge in [0.25, 0.3) is 0 Å². The monoisotopic (exact) mass is 320 g/mol. The van der Waals surface area contributed by atoms with E-state index in [1.165, 1.54) is 11.1 Å². The van der Waals surface area contributed by atoms with Crippen LogP contribution in [0.5, 0.6) is 0 Å². The standard InChI is InChI=1S/C14H17BrN4/c1-10-3-4-12(15)7-11(10)9-19(2)14-5-6-17-13(8-16)18-14/h3-7H,8-9,16H2,1-2H3. The van der Waals surface area contributed by atoms with Crippen molar-refractivity contribution in [2.75, 3.05) is 11.9 Å². The third kappa shape index (κ3) is 3.52. The van der Waals surface area contributed by atoms with Gasteiger partial charge < -0.3 is 10.6 Å². The summed E-state index contributed by atoms with van der Waals surface area (Å²) in [5.74, 6) is 1.55. The van der Waals surface area contributed by atoms with Crippen LogP contribution in [0.25, 0.3) is 0 Å². The van der Waals surface area contributed by atoms with Crippen molar-refractivity contribution in [3.8, 4) is 0 Å². The highest BCUT2D eigenvalue weighted by Crippen LogP contribution is 2.19. The fourth-order valence-corrected chi connectivity index (χ4v) is 2.25. The largest absolute Gasteiger partial charge is 0.355 e. The van der Waals surface area contributed by atoms with Crippen LogP contribution in [-0.2, 0) is 13.1 Å². The molecule has 0 atom stereocenters. The van der Waals surface area contributed by atoms with Gasteiger partial charge in [0, 0.05) is 24.3 Å². The Labute approximate surface area is 121 Å². The maximum absolute atomic E-state index is 5.57. The van der Waals surface area contributed by atoms with Crippen molar-refractivity contribution in [2.24, 2.45) is 5.73 Å². The van der Waals surface area contributed by atoms with Gasteiger partial charge in [-0.05, 0) is 36.2 Å². The summed E-state index contributed by atoms with van der Waals surface area (Å²) in [5, 5.41) is 0. The van der Waals surface area contributed by atoms with Gasteiger partial charge in [-0.3, -0.25) is 0 Å². The zero-order chi connectivity index (χ0) is 13.8. The quantitative estimate of drug-likeness (QED) is 0.941. The summed E-state index contributed by atoms with van der Waals surface area (Å²) in [7, 11) is 2.02. The summed E-state index contributed by atoms with van der Waals surface area (Å²) >= 11 is 3.50. The maximum atomic E-state index is 5.57. The van der Waals surface area contributed by atoms with E-state index in [1.54, 1.807) is 6.20 Å². The lowest BCUT2D eigenvalue weighted by Crippen LogP contribution is -2.19. The summed E-state index contributed by atoms with van der Waals surface area (Å²) in [4.78, 5) is 10.6. The van der Waals surface area contributed by atoms with E-state index in [1.807, 2.05) is 13.1 Å². The van der Waals surface area contributed by atoms with Gasteiger partial charge in [0.2, 0.25) is 0 Å². The van der Waals surface area contributed by atoms with E-state index in [2.05, 4.69) is 55.9 Å². The van der Waals surface area contributed by atoms with E-state index < -0.39 is 0 Å². The van der Waals surface area contributed by atoms with Crippen LogP contribution in [0.2, 0.25) is 0 Å². The fourth-order valence-electron chi connectivity index (χ4n) is 1.85. The van der Waals surface area contributed by atoms with E-state index in [-0.39, 0.29) is 0 Å². The first-order chi connectivity index (χ1) is 9.10. The van der Waals surface area contributed by atoms with Crippen molar-refractivity contribution >= 4 is 21.7 Å². The predicted octanol–water partition coefficient (Wildman–Crippen LogP) is 2.64. The Morgan fingerprint density at radius 3 is 2.84 bits per heavy atom. The van der Waals surface area contributed by atoms with Crippen LogP contribution >= 0.6 is 15.9 Å². The van der Waals surface area contributed by atoms with Gasteiger partial charge in [0.05, 0.1) is 6.54 Å². The number of hydrogen-bond acceptors (Lipinski definition) is 4. The zero-order valence-corrected chi connectivity index (χ0v) is 12.7. The third-order valence-corrected chi connectivity index (χ3v) is 3.48. The van der Waals surface area contributed by atoms with Gasteiger partial charge >= 0.3 is 0 Å². The smallest absolute Gasteiger partial charge is 0.144 e. The highest BCUT2D eigenvalue weighted by Gasteiger charge is 2.07. The molecule has 0 aliphatic carbocycles. The van der Waals surface area contributed by atoms with E-state index in [4.69, 9.17) is 5.73 Å². The molecule has 0 saturated heterocycles. The van der Waals surface area contributed by atoms with Crippen LogP contribution < -0.4 is 10.6 Å². The molecule has 0 bridgehead atoms. The van der Waals surface area contributed by atoms with Crippen molar-refractivity contribution in [1.82, 2.24) is 9.97 Å². The van der Waals surface area contributed by atoms with Crippen LogP contribution in [0, 0.1) is 6.92 Å². The molecule has 1 aromatic heterocycles. The molecular weight excluding hydrogens is 304 g/mol. The number of halogens is 1. The minimum absolute atomic E-state index is 0.359. The van der Waals surface area contributed by atoms with Crippen LogP contribution in [0.3, 0.4) is 0 Å². The van der Waals surface area contributed by atoms with Crippen LogP contribution in [-0.4, -0.2) is 17.0 Å². The Bertz CT molecular complexity index is 571. The molecule has 0 aliphatic rings. The second-order valence-electron chi connectivity index (χ2n) is 4.46. The normalized spacial score (nSPS) is 10.5. The lowest BCUT2D eigenvalue weighted by atomic mass is 10.1. The Morgan fingerprint density at radius 1 is 1.32 bits per heavy atom. The summed E-state index contributed by atoms with van der Waals surface area (Å²) in [6.07, 6.45) is 1.74. The minimum atomic E-state index is 0.359.